The molecule has 0 spiro atoms. The molecule has 0 fully saturated rings. The van der Waals surface area contributed by atoms with E-state index in [-0.39, 0.29) is 5.91 Å². The van der Waals surface area contributed by atoms with E-state index in [1.807, 2.05) is 31.2 Å². The number of pyridine rings is 1. The highest BCUT2D eigenvalue weighted by Gasteiger charge is 2.18. The lowest BCUT2D eigenvalue weighted by molar-refractivity contribution is 0.101. The molecule has 122 valence electrons. The van der Waals surface area contributed by atoms with Gasteiger partial charge in [-0.3, -0.25) is 9.78 Å². The zero-order valence-electron chi connectivity index (χ0n) is 13.7. The fraction of sp³-hybridized carbons (Fsp3) is 0.316. The van der Waals surface area contributed by atoms with Crippen LogP contribution in [0.4, 0.5) is 5.69 Å². The second-order valence-corrected chi connectivity index (χ2v) is 6.27. The standard InChI is InChI=1S/C19H20N4O/c1-13-14-6-5-7-16(15(14)9-10-20-13)22-19(24)17-12-21-18-8-3-2-4-11-23(17)18/h5-7,9-10,12H,2-4,8,11H2,1H3,(H,22,24). The molecular weight excluding hydrogens is 300 g/mol. The van der Waals surface area contributed by atoms with E-state index in [1.165, 1.54) is 6.42 Å². The zero-order chi connectivity index (χ0) is 16.5. The lowest BCUT2D eigenvalue weighted by atomic mass is 10.1. The third-order valence-electron chi connectivity index (χ3n) is 4.71. The Kier molecular flexibility index (Phi) is 3.76. The summed E-state index contributed by atoms with van der Waals surface area (Å²) in [5, 5.41) is 5.12. The van der Waals surface area contributed by atoms with Crippen molar-refractivity contribution in [3.8, 4) is 0 Å². The number of anilines is 1. The molecule has 0 saturated carbocycles. The number of imidazole rings is 1. The van der Waals surface area contributed by atoms with Crippen LogP contribution in [0, 0.1) is 6.92 Å². The Morgan fingerprint density at radius 1 is 1.12 bits per heavy atom. The number of carbonyl (C=O) groups is 1. The fourth-order valence-electron chi connectivity index (χ4n) is 3.42. The molecule has 1 amide bonds. The molecule has 0 unspecified atom stereocenters. The van der Waals surface area contributed by atoms with Gasteiger partial charge in [-0.2, -0.15) is 0 Å². The van der Waals surface area contributed by atoms with Gasteiger partial charge in [-0.1, -0.05) is 18.6 Å². The summed E-state index contributed by atoms with van der Waals surface area (Å²) >= 11 is 0. The lowest BCUT2D eigenvalue weighted by Crippen LogP contribution is -2.18. The number of rotatable bonds is 2. The van der Waals surface area contributed by atoms with Crippen molar-refractivity contribution in [2.24, 2.45) is 0 Å². The molecule has 1 aliphatic rings. The fourth-order valence-corrected chi connectivity index (χ4v) is 3.42. The minimum absolute atomic E-state index is 0.0994. The van der Waals surface area contributed by atoms with Crippen molar-refractivity contribution >= 4 is 22.4 Å². The monoisotopic (exact) mass is 320 g/mol. The predicted molar refractivity (Wildman–Crippen MR) is 94.2 cm³/mol. The Balaban J connectivity index is 1.68. The smallest absolute Gasteiger partial charge is 0.273 e. The van der Waals surface area contributed by atoms with Crippen LogP contribution in [0.1, 0.15) is 41.3 Å². The van der Waals surface area contributed by atoms with Gasteiger partial charge in [0.25, 0.3) is 5.91 Å². The molecular formula is C19H20N4O. The molecule has 3 aromatic rings. The van der Waals surface area contributed by atoms with Crippen molar-refractivity contribution in [3.05, 3.63) is 53.9 Å². The molecule has 1 aromatic carbocycles. The number of nitrogens with zero attached hydrogens (tertiary/aromatic N) is 3. The highest BCUT2D eigenvalue weighted by molar-refractivity contribution is 6.08. The molecule has 3 heterocycles. The summed E-state index contributed by atoms with van der Waals surface area (Å²) in [6.07, 6.45) is 7.87. The summed E-state index contributed by atoms with van der Waals surface area (Å²) in [5.41, 5.74) is 2.42. The molecule has 1 aliphatic heterocycles. The largest absolute Gasteiger partial charge is 0.324 e. The normalized spacial score (nSPS) is 14.2. The van der Waals surface area contributed by atoms with Gasteiger partial charge in [0.15, 0.2) is 0 Å². The third-order valence-corrected chi connectivity index (χ3v) is 4.71. The van der Waals surface area contributed by atoms with Gasteiger partial charge in [-0.05, 0) is 31.9 Å². The van der Waals surface area contributed by atoms with Crippen LogP contribution in [0.15, 0.2) is 36.7 Å². The highest BCUT2D eigenvalue weighted by Crippen LogP contribution is 2.25. The first-order chi connectivity index (χ1) is 11.7. The van der Waals surface area contributed by atoms with Crippen LogP contribution in [0.3, 0.4) is 0 Å². The number of nitrogens with one attached hydrogen (secondary N) is 1. The SMILES string of the molecule is Cc1nccc2c(NC(=O)c3cnc4n3CCCCC4)cccc12. The molecule has 1 N–H and O–H groups in total. The molecule has 5 heteroatoms. The van der Waals surface area contributed by atoms with E-state index in [0.29, 0.717) is 5.69 Å². The van der Waals surface area contributed by atoms with Gasteiger partial charge in [0.05, 0.1) is 6.20 Å². The molecule has 0 saturated heterocycles. The number of carbonyl (C=O) groups excluding carboxylic acids is 1. The van der Waals surface area contributed by atoms with E-state index in [0.717, 1.165) is 53.8 Å². The third kappa shape index (κ3) is 2.56. The van der Waals surface area contributed by atoms with Crippen molar-refractivity contribution in [3.63, 3.8) is 0 Å². The maximum Gasteiger partial charge on any atom is 0.273 e. The van der Waals surface area contributed by atoms with Crippen LogP contribution in [-0.4, -0.2) is 20.4 Å². The number of hydrogen-bond acceptors (Lipinski definition) is 3. The van der Waals surface area contributed by atoms with Gasteiger partial charge in [0, 0.05) is 41.3 Å². The van der Waals surface area contributed by atoms with Gasteiger partial charge in [0.2, 0.25) is 0 Å². The number of fused-ring (bicyclic) bond motifs is 2. The van der Waals surface area contributed by atoms with Crippen LogP contribution in [0.2, 0.25) is 0 Å². The van der Waals surface area contributed by atoms with Crippen LogP contribution in [0.5, 0.6) is 0 Å². The average Bonchev–Trinajstić information content (AvgIpc) is 2.85. The van der Waals surface area contributed by atoms with Crippen LogP contribution in [0.25, 0.3) is 10.8 Å². The highest BCUT2D eigenvalue weighted by atomic mass is 16.2. The molecule has 2 aromatic heterocycles. The Bertz CT molecular complexity index is 913. The number of hydrogen-bond donors (Lipinski definition) is 1. The summed E-state index contributed by atoms with van der Waals surface area (Å²) in [6.45, 7) is 2.85. The Hall–Kier alpha value is -2.69. The second kappa shape index (κ2) is 6.07. The van der Waals surface area contributed by atoms with Crippen LogP contribution < -0.4 is 5.32 Å². The molecule has 0 aliphatic carbocycles. The maximum absolute atomic E-state index is 12.8. The molecule has 4 rings (SSSR count). The lowest BCUT2D eigenvalue weighted by Gasteiger charge is -2.12. The van der Waals surface area contributed by atoms with Gasteiger partial charge >= 0.3 is 0 Å². The van der Waals surface area contributed by atoms with E-state index in [2.05, 4.69) is 19.9 Å². The number of aryl methyl sites for hydroxylation is 2. The van der Waals surface area contributed by atoms with Crippen molar-refractivity contribution in [1.29, 1.82) is 0 Å². The van der Waals surface area contributed by atoms with Crippen molar-refractivity contribution < 1.29 is 4.79 Å². The minimum atomic E-state index is -0.0994. The van der Waals surface area contributed by atoms with Crippen molar-refractivity contribution in [2.45, 2.75) is 39.2 Å². The summed E-state index contributed by atoms with van der Waals surface area (Å²) in [4.78, 5) is 21.6. The van der Waals surface area contributed by atoms with Crippen LogP contribution in [-0.2, 0) is 13.0 Å². The minimum Gasteiger partial charge on any atom is -0.324 e. The Labute approximate surface area is 140 Å². The van der Waals surface area contributed by atoms with Crippen LogP contribution >= 0.6 is 0 Å². The summed E-state index contributed by atoms with van der Waals surface area (Å²) in [6, 6.07) is 7.84. The summed E-state index contributed by atoms with van der Waals surface area (Å²) < 4.78 is 2.07. The van der Waals surface area contributed by atoms with E-state index in [4.69, 9.17) is 0 Å². The Morgan fingerprint density at radius 3 is 2.96 bits per heavy atom. The van der Waals surface area contributed by atoms with Crippen molar-refractivity contribution in [1.82, 2.24) is 14.5 Å². The number of amides is 1. The molecule has 0 atom stereocenters. The first-order valence-corrected chi connectivity index (χ1v) is 8.44. The molecule has 24 heavy (non-hydrogen) atoms. The summed E-state index contributed by atoms with van der Waals surface area (Å²) in [7, 11) is 0. The summed E-state index contributed by atoms with van der Waals surface area (Å²) in [5.74, 6) is 0.924. The second-order valence-electron chi connectivity index (χ2n) is 6.27. The van der Waals surface area contributed by atoms with E-state index in [1.54, 1.807) is 12.4 Å². The van der Waals surface area contributed by atoms with E-state index in [9.17, 15) is 4.79 Å². The van der Waals surface area contributed by atoms with Crippen molar-refractivity contribution in [2.75, 3.05) is 5.32 Å². The molecule has 5 nitrogen and oxygen atoms in total. The van der Waals surface area contributed by atoms with E-state index >= 15 is 0 Å². The Morgan fingerprint density at radius 2 is 2.04 bits per heavy atom. The van der Waals surface area contributed by atoms with Gasteiger partial charge < -0.3 is 9.88 Å². The number of aromatic nitrogens is 3. The van der Waals surface area contributed by atoms with Gasteiger partial charge in [-0.25, -0.2) is 4.98 Å². The average molecular weight is 320 g/mol. The van der Waals surface area contributed by atoms with E-state index < -0.39 is 0 Å². The number of benzene rings is 1. The zero-order valence-corrected chi connectivity index (χ0v) is 13.7. The first kappa shape index (κ1) is 14.9. The van der Waals surface area contributed by atoms with Gasteiger partial charge in [0.1, 0.15) is 11.5 Å². The predicted octanol–water partition coefficient (Wildman–Crippen LogP) is 3.72. The quantitative estimate of drug-likeness (QED) is 0.783. The molecule has 0 bridgehead atoms. The molecule has 0 radical (unpaired) electrons. The first-order valence-electron chi connectivity index (χ1n) is 8.44. The maximum atomic E-state index is 12.8. The van der Waals surface area contributed by atoms with Gasteiger partial charge in [-0.15, -0.1) is 0 Å². The topological polar surface area (TPSA) is 59.8 Å².